The quantitative estimate of drug-likeness (QED) is 0.376. The highest BCUT2D eigenvalue weighted by atomic mass is 16.4. The van der Waals surface area contributed by atoms with Crippen LogP contribution in [0.15, 0.2) is 59.4 Å². The molecule has 4 atom stereocenters. The molecule has 222 valence electrons. The fourth-order valence-electron chi connectivity index (χ4n) is 8.17. The van der Waals surface area contributed by atoms with Gasteiger partial charge in [-0.25, -0.2) is 9.78 Å². The number of aliphatic carboxylic acids is 1. The molecule has 2 aromatic carbocycles. The molecule has 2 aliphatic heterocycles. The van der Waals surface area contributed by atoms with E-state index in [2.05, 4.69) is 22.1 Å². The van der Waals surface area contributed by atoms with E-state index in [-0.39, 0.29) is 17.3 Å². The van der Waals surface area contributed by atoms with E-state index in [1.165, 1.54) is 51.4 Å². The molecule has 1 amide bonds. The Morgan fingerprint density at radius 3 is 2.17 bits per heavy atom. The molecule has 6 rings (SSSR count). The van der Waals surface area contributed by atoms with Crippen molar-refractivity contribution in [3.05, 3.63) is 76.2 Å². The Kier molecular flexibility index (Phi) is 8.17. The minimum atomic E-state index is -1.29. The van der Waals surface area contributed by atoms with Crippen molar-refractivity contribution < 1.29 is 14.7 Å². The minimum absolute atomic E-state index is 0.0509. The second-order valence-electron chi connectivity index (χ2n) is 12.8. The van der Waals surface area contributed by atoms with Crippen LogP contribution in [0, 0.1) is 0 Å². The lowest BCUT2D eigenvalue weighted by Crippen LogP contribution is -2.62. The Morgan fingerprint density at radius 2 is 1.50 bits per heavy atom. The van der Waals surface area contributed by atoms with Gasteiger partial charge in [0.1, 0.15) is 0 Å². The van der Waals surface area contributed by atoms with Crippen molar-refractivity contribution in [1.29, 1.82) is 0 Å². The van der Waals surface area contributed by atoms with Gasteiger partial charge in [-0.1, -0.05) is 81.0 Å². The molecule has 2 saturated heterocycles. The van der Waals surface area contributed by atoms with Crippen LogP contribution in [0.1, 0.15) is 112 Å². The molecule has 1 saturated carbocycles. The molecule has 0 radical (unpaired) electrons. The van der Waals surface area contributed by atoms with Gasteiger partial charge in [0.05, 0.1) is 11.0 Å². The Balaban J connectivity index is 1.34. The second kappa shape index (κ2) is 12.0. The SMILES string of the molecule is CC1(N2[C@@H]3CCC[C@H]2CC(n2c(=O)c(C(=O)N[C@H](C(=O)O)c4ccccc4)nc4ccccc42)C3)CCCCCCC1. The summed E-state index contributed by atoms with van der Waals surface area (Å²) in [6, 6.07) is 15.5. The Hall–Kier alpha value is -3.52. The highest BCUT2D eigenvalue weighted by Crippen LogP contribution is 2.46. The number of rotatable bonds is 6. The molecule has 3 fully saturated rings. The van der Waals surface area contributed by atoms with Crippen LogP contribution in [0.25, 0.3) is 11.0 Å². The fourth-order valence-corrected chi connectivity index (χ4v) is 8.17. The van der Waals surface area contributed by atoms with E-state index in [0.717, 1.165) is 31.2 Å². The second-order valence-corrected chi connectivity index (χ2v) is 12.8. The molecule has 1 aliphatic carbocycles. The standard InChI is InChI=1S/C34H42N4O4/c1-34(19-10-3-2-4-11-20-34)38-24-15-12-16-25(38)22-26(21-24)37-28-18-9-8-17-27(28)35-30(32(37)40)31(39)36-29(33(41)42)23-13-6-5-7-14-23/h5-9,13-14,17-18,24-26,29H,2-4,10-12,15-16,19-22H2,1H3,(H,36,39)(H,41,42)/t24-,25+,26?,29-/m0/s1. The lowest BCUT2D eigenvalue weighted by molar-refractivity contribution is -0.139. The summed E-state index contributed by atoms with van der Waals surface area (Å²) in [7, 11) is 0. The van der Waals surface area contributed by atoms with E-state index in [1.807, 2.05) is 24.3 Å². The topological polar surface area (TPSA) is 105 Å². The lowest BCUT2D eigenvalue weighted by Gasteiger charge is -2.57. The molecule has 0 spiro atoms. The molecule has 2 N–H and O–H groups in total. The van der Waals surface area contributed by atoms with E-state index >= 15 is 0 Å². The summed E-state index contributed by atoms with van der Waals surface area (Å²) >= 11 is 0. The number of carboxylic acids is 1. The number of nitrogens with zero attached hydrogens (tertiary/aromatic N) is 3. The number of amides is 1. The van der Waals surface area contributed by atoms with Gasteiger partial charge in [-0.2, -0.15) is 0 Å². The third-order valence-corrected chi connectivity index (χ3v) is 10.0. The van der Waals surface area contributed by atoms with Gasteiger partial charge in [-0.15, -0.1) is 0 Å². The molecule has 8 heteroatoms. The number of aromatic nitrogens is 2. The number of nitrogens with one attached hydrogen (secondary N) is 1. The predicted octanol–water partition coefficient (Wildman–Crippen LogP) is 6.01. The van der Waals surface area contributed by atoms with E-state index in [4.69, 9.17) is 0 Å². The molecule has 1 aromatic heterocycles. The first kappa shape index (κ1) is 28.6. The first-order valence-corrected chi connectivity index (χ1v) is 15.7. The summed E-state index contributed by atoms with van der Waals surface area (Å²) in [5.41, 5.74) is 1.22. The van der Waals surface area contributed by atoms with Crippen molar-refractivity contribution in [2.24, 2.45) is 0 Å². The molecule has 3 aromatic rings. The van der Waals surface area contributed by atoms with Crippen molar-refractivity contribution in [2.45, 2.75) is 114 Å². The van der Waals surface area contributed by atoms with Crippen molar-refractivity contribution >= 4 is 22.9 Å². The Morgan fingerprint density at radius 1 is 0.881 bits per heavy atom. The third-order valence-electron chi connectivity index (χ3n) is 10.0. The van der Waals surface area contributed by atoms with Crippen molar-refractivity contribution in [3.63, 3.8) is 0 Å². The molecule has 2 bridgehead atoms. The van der Waals surface area contributed by atoms with E-state index in [0.29, 0.717) is 23.2 Å². The Labute approximate surface area is 247 Å². The number of benzene rings is 2. The average Bonchev–Trinajstić information content (AvgIpc) is 2.97. The number of carbonyl (C=O) groups excluding carboxylic acids is 1. The smallest absolute Gasteiger partial charge is 0.330 e. The minimum Gasteiger partial charge on any atom is -0.479 e. The van der Waals surface area contributed by atoms with Crippen LogP contribution in [-0.4, -0.2) is 49.1 Å². The largest absolute Gasteiger partial charge is 0.479 e. The van der Waals surface area contributed by atoms with E-state index in [9.17, 15) is 19.5 Å². The van der Waals surface area contributed by atoms with Gasteiger partial charge in [-0.05, 0) is 63.1 Å². The van der Waals surface area contributed by atoms with Crippen LogP contribution in [0.2, 0.25) is 0 Å². The number of fused-ring (bicyclic) bond motifs is 3. The summed E-state index contributed by atoms with van der Waals surface area (Å²) in [4.78, 5) is 47.1. The average molecular weight is 571 g/mol. The van der Waals surface area contributed by atoms with E-state index in [1.54, 1.807) is 34.9 Å². The molecule has 42 heavy (non-hydrogen) atoms. The maximum atomic E-state index is 14.1. The van der Waals surface area contributed by atoms with Gasteiger partial charge >= 0.3 is 5.97 Å². The van der Waals surface area contributed by atoms with Gasteiger partial charge in [0, 0.05) is 23.7 Å². The lowest BCUT2D eigenvalue weighted by atomic mass is 9.74. The zero-order chi connectivity index (χ0) is 29.3. The summed E-state index contributed by atoms with van der Waals surface area (Å²) in [6.45, 7) is 2.48. The number of piperidine rings is 2. The summed E-state index contributed by atoms with van der Waals surface area (Å²) in [6.07, 6.45) is 14.2. The maximum absolute atomic E-state index is 14.1. The van der Waals surface area contributed by atoms with Gasteiger partial charge in [0.2, 0.25) is 0 Å². The molecular weight excluding hydrogens is 528 g/mol. The Bertz CT molecular complexity index is 1480. The van der Waals surface area contributed by atoms with Crippen molar-refractivity contribution in [1.82, 2.24) is 19.8 Å². The van der Waals surface area contributed by atoms with Gasteiger partial charge in [0.15, 0.2) is 11.7 Å². The third kappa shape index (κ3) is 5.49. The number of carboxylic acid groups (broad SMARTS) is 1. The molecule has 1 unspecified atom stereocenters. The molecular formula is C34H42N4O4. The highest BCUT2D eigenvalue weighted by Gasteiger charge is 2.47. The first-order valence-electron chi connectivity index (χ1n) is 15.7. The normalized spacial score (nSPS) is 25.2. The van der Waals surface area contributed by atoms with Gasteiger partial charge < -0.3 is 15.0 Å². The van der Waals surface area contributed by atoms with Crippen molar-refractivity contribution in [2.75, 3.05) is 0 Å². The fraction of sp³-hybridized carbons (Fsp3) is 0.529. The zero-order valence-electron chi connectivity index (χ0n) is 24.5. The van der Waals surface area contributed by atoms with Crippen LogP contribution in [0.3, 0.4) is 0 Å². The number of para-hydroxylation sites is 2. The number of hydrogen-bond acceptors (Lipinski definition) is 5. The monoisotopic (exact) mass is 570 g/mol. The number of hydrogen-bond donors (Lipinski definition) is 2. The van der Waals surface area contributed by atoms with E-state index < -0.39 is 23.5 Å². The van der Waals surface area contributed by atoms with Crippen molar-refractivity contribution in [3.8, 4) is 0 Å². The molecule has 3 aliphatic rings. The zero-order valence-corrected chi connectivity index (χ0v) is 24.5. The first-order chi connectivity index (χ1) is 20.4. The van der Waals surface area contributed by atoms with Crippen LogP contribution >= 0.6 is 0 Å². The summed E-state index contributed by atoms with van der Waals surface area (Å²) in [5, 5.41) is 12.4. The molecule has 3 heterocycles. The van der Waals surface area contributed by atoms with Crippen LogP contribution < -0.4 is 10.9 Å². The van der Waals surface area contributed by atoms with Crippen LogP contribution in [0.4, 0.5) is 0 Å². The maximum Gasteiger partial charge on any atom is 0.330 e. The predicted molar refractivity (Wildman–Crippen MR) is 163 cm³/mol. The van der Waals surface area contributed by atoms with Crippen LogP contribution in [0.5, 0.6) is 0 Å². The van der Waals surface area contributed by atoms with Gasteiger partial charge in [-0.3, -0.25) is 14.5 Å². The van der Waals surface area contributed by atoms with Crippen LogP contribution in [-0.2, 0) is 4.79 Å². The summed E-state index contributed by atoms with van der Waals surface area (Å²) in [5.74, 6) is -1.96. The number of carbonyl (C=O) groups is 2. The van der Waals surface area contributed by atoms with Gasteiger partial charge in [0.25, 0.3) is 11.5 Å². The summed E-state index contributed by atoms with van der Waals surface area (Å²) < 4.78 is 1.80. The highest BCUT2D eigenvalue weighted by molar-refractivity contribution is 5.96. The molecule has 8 nitrogen and oxygen atoms in total.